The van der Waals surface area contributed by atoms with Crippen molar-refractivity contribution in [2.24, 2.45) is 4.99 Å². The minimum Gasteiger partial charge on any atom is -0.356 e. The summed E-state index contributed by atoms with van der Waals surface area (Å²) in [5, 5.41) is 9.84. The van der Waals surface area contributed by atoms with Gasteiger partial charge in [0, 0.05) is 31.2 Å². The summed E-state index contributed by atoms with van der Waals surface area (Å²) >= 11 is 0. The van der Waals surface area contributed by atoms with Crippen LogP contribution in [0, 0.1) is 0 Å². The molecule has 1 aliphatic rings. The second-order valence-electron chi connectivity index (χ2n) is 8.27. The lowest BCUT2D eigenvalue weighted by Crippen LogP contribution is -2.48. The van der Waals surface area contributed by atoms with Gasteiger partial charge in [0.1, 0.15) is 0 Å². The monoisotopic (exact) mass is 407 g/mol. The third-order valence-corrected chi connectivity index (χ3v) is 5.65. The zero-order valence-corrected chi connectivity index (χ0v) is 18.2. The van der Waals surface area contributed by atoms with Crippen molar-refractivity contribution in [2.45, 2.75) is 31.2 Å². The Morgan fingerprint density at radius 2 is 1.83 bits per heavy atom. The molecule has 30 heavy (non-hydrogen) atoms. The molecule has 3 rings (SSSR count). The van der Waals surface area contributed by atoms with Crippen LogP contribution in [-0.2, 0) is 16.8 Å². The molecule has 0 saturated heterocycles. The lowest BCUT2D eigenvalue weighted by Gasteiger charge is -2.43. The average Bonchev–Trinajstić information content (AvgIpc) is 2.70. The highest BCUT2D eigenvalue weighted by Gasteiger charge is 2.38. The van der Waals surface area contributed by atoms with Gasteiger partial charge < -0.3 is 20.9 Å². The minimum absolute atomic E-state index is 0.0192. The summed E-state index contributed by atoms with van der Waals surface area (Å²) < 4.78 is 0. The average molecular weight is 408 g/mol. The number of nitrogens with zero attached hydrogens (tertiary/aromatic N) is 2. The highest BCUT2D eigenvalue weighted by Crippen LogP contribution is 2.43. The minimum atomic E-state index is -0.0192. The highest BCUT2D eigenvalue weighted by molar-refractivity contribution is 5.92. The van der Waals surface area contributed by atoms with Crippen molar-refractivity contribution in [1.82, 2.24) is 15.5 Å². The number of guanidine groups is 1. The van der Waals surface area contributed by atoms with Gasteiger partial charge in [-0.2, -0.15) is 0 Å². The Labute approximate surface area is 179 Å². The molecule has 1 amide bonds. The van der Waals surface area contributed by atoms with Crippen LogP contribution in [0.2, 0.25) is 0 Å². The first-order valence-corrected chi connectivity index (χ1v) is 10.5. The SMILES string of the molecule is CN=C(NCc1cccc(NC(=O)CN(C)C)c1)NCC1(c2ccccc2)CCC1. The van der Waals surface area contributed by atoms with Gasteiger partial charge in [0.25, 0.3) is 0 Å². The number of hydrogen-bond acceptors (Lipinski definition) is 3. The molecular weight excluding hydrogens is 374 g/mol. The normalized spacial score (nSPS) is 15.4. The van der Waals surface area contributed by atoms with E-state index in [1.54, 1.807) is 7.05 Å². The van der Waals surface area contributed by atoms with Crippen LogP contribution >= 0.6 is 0 Å². The lowest BCUT2D eigenvalue weighted by molar-refractivity contribution is -0.116. The predicted octanol–water partition coefficient (Wildman–Crippen LogP) is 2.97. The number of likely N-dealkylation sites (N-methyl/N-ethyl adjacent to an activating group) is 1. The second-order valence-corrected chi connectivity index (χ2v) is 8.27. The molecule has 6 heteroatoms. The summed E-state index contributed by atoms with van der Waals surface area (Å²) in [6.45, 7) is 1.87. The molecule has 2 aromatic rings. The molecule has 0 atom stereocenters. The van der Waals surface area contributed by atoms with Gasteiger partial charge in [-0.05, 0) is 50.2 Å². The van der Waals surface area contributed by atoms with Crippen LogP contribution in [0.4, 0.5) is 5.69 Å². The Bertz CT molecular complexity index is 859. The maximum absolute atomic E-state index is 12.0. The second kappa shape index (κ2) is 10.3. The molecule has 1 fully saturated rings. The number of hydrogen-bond donors (Lipinski definition) is 3. The molecule has 6 nitrogen and oxygen atoms in total. The van der Waals surface area contributed by atoms with E-state index in [9.17, 15) is 4.79 Å². The van der Waals surface area contributed by atoms with E-state index in [1.807, 2.05) is 43.3 Å². The van der Waals surface area contributed by atoms with Crippen molar-refractivity contribution in [3.63, 3.8) is 0 Å². The van der Waals surface area contributed by atoms with Crippen LogP contribution in [0.3, 0.4) is 0 Å². The predicted molar refractivity (Wildman–Crippen MR) is 124 cm³/mol. The first-order valence-electron chi connectivity index (χ1n) is 10.5. The van der Waals surface area contributed by atoms with E-state index in [0.717, 1.165) is 23.8 Å². The van der Waals surface area contributed by atoms with Crippen molar-refractivity contribution in [3.05, 3.63) is 65.7 Å². The van der Waals surface area contributed by atoms with Gasteiger partial charge in [0.2, 0.25) is 5.91 Å². The van der Waals surface area contributed by atoms with Crippen molar-refractivity contribution >= 4 is 17.6 Å². The molecular formula is C24H33N5O. The van der Waals surface area contributed by atoms with Crippen molar-refractivity contribution < 1.29 is 4.79 Å². The number of anilines is 1. The Morgan fingerprint density at radius 1 is 1.07 bits per heavy atom. The summed E-state index contributed by atoms with van der Waals surface area (Å²) in [6.07, 6.45) is 3.68. The van der Waals surface area contributed by atoms with E-state index >= 15 is 0 Å². The number of carbonyl (C=O) groups is 1. The molecule has 0 aromatic heterocycles. The largest absolute Gasteiger partial charge is 0.356 e. The molecule has 160 valence electrons. The van der Waals surface area contributed by atoms with E-state index in [-0.39, 0.29) is 11.3 Å². The lowest BCUT2D eigenvalue weighted by atomic mass is 9.64. The van der Waals surface area contributed by atoms with Crippen LogP contribution < -0.4 is 16.0 Å². The Morgan fingerprint density at radius 3 is 2.47 bits per heavy atom. The molecule has 0 bridgehead atoms. The van der Waals surface area contributed by atoms with Crippen LogP contribution in [0.5, 0.6) is 0 Å². The molecule has 1 aliphatic carbocycles. The van der Waals surface area contributed by atoms with E-state index in [0.29, 0.717) is 13.1 Å². The fraction of sp³-hybridized carbons (Fsp3) is 0.417. The molecule has 0 heterocycles. The Hall–Kier alpha value is -2.86. The maximum Gasteiger partial charge on any atom is 0.238 e. The van der Waals surface area contributed by atoms with E-state index in [2.05, 4.69) is 51.3 Å². The number of rotatable bonds is 8. The fourth-order valence-electron chi connectivity index (χ4n) is 3.87. The van der Waals surface area contributed by atoms with Crippen molar-refractivity contribution in [1.29, 1.82) is 0 Å². The number of amides is 1. The summed E-state index contributed by atoms with van der Waals surface area (Å²) in [4.78, 5) is 18.2. The molecule has 0 spiro atoms. The molecule has 0 radical (unpaired) electrons. The Kier molecular flexibility index (Phi) is 7.46. The van der Waals surface area contributed by atoms with Gasteiger partial charge in [-0.15, -0.1) is 0 Å². The molecule has 0 aliphatic heterocycles. The number of nitrogens with one attached hydrogen (secondary N) is 3. The maximum atomic E-state index is 12.0. The van der Waals surface area contributed by atoms with Gasteiger partial charge in [-0.25, -0.2) is 0 Å². The summed E-state index contributed by atoms with van der Waals surface area (Å²) in [7, 11) is 5.55. The van der Waals surface area contributed by atoms with Gasteiger partial charge in [0.05, 0.1) is 6.54 Å². The van der Waals surface area contributed by atoms with Crippen molar-refractivity contribution in [3.8, 4) is 0 Å². The molecule has 2 aromatic carbocycles. The summed E-state index contributed by atoms with van der Waals surface area (Å²) in [6, 6.07) is 18.7. The smallest absolute Gasteiger partial charge is 0.238 e. The van der Waals surface area contributed by atoms with E-state index in [1.165, 1.54) is 24.8 Å². The van der Waals surface area contributed by atoms with Crippen LogP contribution in [-0.4, -0.2) is 51.0 Å². The molecule has 3 N–H and O–H groups in total. The number of benzene rings is 2. The van der Waals surface area contributed by atoms with Crippen LogP contribution in [0.25, 0.3) is 0 Å². The Balaban J connectivity index is 1.53. The first kappa shape index (κ1) is 21.8. The first-order chi connectivity index (χ1) is 14.5. The van der Waals surface area contributed by atoms with E-state index in [4.69, 9.17) is 0 Å². The fourth-order valence-corrected chi connectivity index (χ4v) is 3.87. The topological polar surface area (TPSA) is 68.8 Å². The molecule has 1 saturated carbocycles. The summed E-state index contributed by atoms with van der Waals surface area (Å²) in [5.41, 5.74) is 3.50. The zero-order chi connectivity index (χ0) is 21.4. The van der Waals surface area contributed by atoms with Crippen molar-refractivity contribution in [2.75, 3.05) is 39.5 Å². The molecule has 0 unspecified atom stereocenters. The number of carbonyl (C=O) groups excluding carboxylic acids is 1. The van der Waals surface area contributed by atoms with E-state index < -0.39 is 0 Å². The third kappa shape index (κ3) is 5.83. The standard InChI is InChI=1S/C24H33N5O/c1-25-23(27-18-24(13-8-14-24)20-10-5-4-6-11-20)26-16-19-9-7-12-21(15-19)28-22(30)17-29(2)3/h4-7,9-12,15H,8,13-14,16-18H2,1-3H3,(H,28,30)(H2,25,26,27). The quantitative estimate of drug-likeness (QED) is 0.465. The van der Waals surface area contributed by atoms with Crippen LogP contribution in [0.1, 0.15) is 30.4 Å². The van der Waals surface area contributed by atoms with Gasteiger partial charge in [-0.3, -0.25) is 9.79 Å². The van der Waals surface area contributed by atoms with Gasteiger partial charge in [0.15, 0.2) is 5.96 Å². The zero-order valence-electron chi connectivity index (χ0n) is 18.2. The van der Waals surface area contributed by atoms with Crippen LogP contribution in [0.15, 0.2) is 59.6 Å². The highest BCUT2D eigenvalue weighted by atomic mass is 16.2. The van der Waals surface area contributed by atoms with Gasteiger partial charge >= 0.3 is 0 Å². The third-order valence-electron chi connectivity index (χ3n) is 5.65. The van der Waals surface area contributed by atoms with Gasteiger partial charge in [-0.1, -0.05) is 48.9 Å². The number of aliphatic imine (C=N–C) groups is 1. The summed E-state index contributed by atoms with van der Waals surface area (Å²) in [5.74, 6) is 0.772.